The van der Waals surface area contributed by atoms with Crippen LogP contribution in [0.1, 0.15) is 11.1 Å². The SMILES string of the molecule is c1ccc(-c2cccc(-c3cccc4c3Cc3c(-c5ccccn5)cccc3-4)n2)cc1. The minimum Gasteiger partial charge on any atom is -0.256 e. The van der Waals surface area contributed by atoms with E-state index in [9.17, 15) is 0 Å². The van der Waals surface area contributed by atoms with Gasteiger partial charge < -0.3 is 0 Å². The van der Waals surface area contributed by atoms with Crippen molar-refractivity contribution in [3.63, 3.8) is 0 Å². The summed E-state index contributed by atoms with van der Waals surface area (Å²) in [4.78, 5) is 9.62. The molecule has 2 nitrogen and oxygen atoms in total. The summed E-state index contributed by atoms with van der Waals surface area (Å²) in [6.45, 7) is 0. The second kappa shape index (κ2) is 7.33. The Hall–Kier alpha value is -4.04. The fourth-order valence-electron chi connectivity index (χ4n) is 4.59. The maximum absolute atomic E-state index is 5.02. The van der Waals surface area contributed by atoms with Gasteiger partial charge in [0.25, 0.3) is 0 Å². The van der Waals surface area contributed by atoms with E-state index in [2.05, 4.69) is 89.9 Å². The Morgan fingerprint density at radius 2 is 1.03 bits per heavy atom. The van der Waals surface area contributed by atoms with Crippen LogP contribution in [0.2, 0.25) is 0 Å². The van der Waals surface area contributed by atoms with Gasteiger partial charge in [0.15, 0.2) is 0 Å². The predicted molar refractivity (Wildman–Crippen MR) is 127 cm³/mol. The van der Waals surface area contributed by atoms with Crippen LogP contribution in [-0.2, 0) is 6.42 Å². The number of rotatable bonds is 3. The summed E-state index contributed by atoms with van der Waals surface area (Å²) in [5, 5.41) is 0. The summed E-state index contributed by atoms with van der Waals surface area (Å²) < 4.78 is 0. The summed E-state index contributed by atoms with van der Waals surface area (Å²) in [5.74, 6) is 0. The lowest BCUT2D eigenvalue weighted by atomic mass is 9.98. The number of hydrogen-bond donors (Lipinski definition) is 0. The molecule has 0 aliphatic heterocycles. The van der Waals surface area contributed by atoms with E-state index >= 15 is 0 Å². The molecule has 146 valence electrons. The van der Waals surface area contributed by atoms with Crippen molar-refractivity contribution in [2.24, 2.45) is 0 Å². The first-order valence-electron chi connectivity index (χ1n) is 10.6. The largest absolute Gasteiger partial charge is 0.256 e. The predicted octanol–water partition coefficient (Wildman–Crippen LogP) is 7.05. The Balaban J connectivity index is 1.47. The van der Waals surface area contributed by atoms with E-state index in [4.69, 9.17) is 4.98 Å². The Labute approximate surface area is 181 Å². The highest BCUT2D eigenvalue weighted by Crippen LogP contribution is 2.44. The van der Waals surface area contributed by atoms with Crippen LogP contribution in [0, 0.1) is 0 Å². The third-order valence-electron chi connectivity index (χ3n) is 6.03. The van der Waals surface area contributed by atoms with E-state index < -0.39 is 0 Å². The Bertz CT molecular complexity index is 1390. The minimum absolute atomic E-state index is 0.894. The molecule has 0 amide bonds. The van der Waals surface area contributed by atoms with Crippen LogP contribution >= 0.6 is 0 Å². The first kappa shape index (κ1) is 17.8. The van der Waals surface area contributed by atoms with Gasteiger partial charge in [-0.05, 0) is 46.5 Å². The number of aromatic nitrogens is 2. The van der Waals surface area contributed by atoms with Gasteiger partial charge in [-0.1, -0.05) is 78.9 Å². The molecule has 6 rings (SSSR count). The van der Waals surface area contributed by atoms with Crippen LogP contribution in [-0.4, -0.2) is 9.97 Å². The number of benzene rings is 3. The molecule has 0 spiro atoms. The topological polar surface area (TPSA) is 25.8 Å². The van der Waals surface area contributed by atoms with Crippen molar-refractivity contribution in [2.45, 2.75) is 6.42 Å². The number of pyridine rings is 2. The summed E-state index contributed by atoms with van der Waals surface area (Å²) in [6, 6.07) is 35.9. The average molecular weight is 396 g/mol. The molecule has 0 unspecified atom stereocenters. The van der Waals surface area contributed by atoms with Gasteiger partial charge in [-0.15, -0.1) is 0 Å². The molecule has 0 radical (unpaired) electrons. The van der Waals surface area contributed by atoms with Crippen LogP contribution < -0.4 is 0 Å². The van der Waals surface area contributed by atoms with Crippen LogP contribution in [0.3, 0.4) is 0 Å². The molecule has 31 heavy (non-hydrogen) atoms. The van der Waals surface area contributed by atoms with Crippen molar-refractivity contribution in [2.75, 3.05) is 0 Å². The Morgan fingerprint density at radius 1 is 0.452 bits per heavy atom. The number of nitrogens with zero attached hydrogens (tertiary/aromatic N) is 2. The quantitative estimate of drug-likeness (QED) is 0.320. The highest BCUT2D eigenvalue weighted by atomic mass is 14.7. The molecule has 1 aliphatic rings. The smallest absolute Gasteiger partial charge is 0.0712 e. The monoisotopic (exact) mass is 396 g/mol. The van der Waals surface area contributed by atoms with E-state index in [-0.39, 0.29) is 0 Å². The van der Waals surface area contributed by atoms with Crippen LogP contribution in [0.4, 0.5) is 0 Å². The molecule has 0 fully saturated rings. The molecular formula is C29H20N2. The van der Waals surface area contributed by atoms with Crippen LogP contribution in [0.5, 0.6) is 0 Å². The zero-order valence-electron chi connectivity index (χ0n) is 17.0. The van der Waals surface area contributed by atoms with E-state index in [1.807, 2.05) is 24.4 Å². The molecule has 3 aromatic carbocycles. The Kier molecular flexibility index (Phi) is 4.21. The van der Waals surface area contributed by atoms with E-state index in [1.54, 1.807) is 0 Å². The molecule has 0 bridgehead atoms. The third kappa shape index (κ3) is 3.04. The molecule has 2 aromatic heterocycles. The molecule has 0 atom stereocenters. The maximum atomic E-state index is 5.02. The van der Waals surface area contributed by atoms with Crippen molar-refractivity contribution in [1.82, 2.24) is 9.97 Å². The maximum Gasteiger partial charge on any atom is 0.0712 e. The highest BCUT2D eigenvalue weighted by Gasteiger charge is 2.24. The lowest BCUT2D eigenvalue weighted by Crippen LogP contribution is -1.93. The number of fused-ring (bicyclic) bond motifs is 3. The van der Waals surface area contributed by atoms with Gasteiger partial charge in [0.1, 0.15) is 0 Å². The molecule has 5 aromatic rings. The van der Waals surface area contributed by atoms with Gasteiger partial charge >= 0.3 is 0 Å². The summed E-state index contributed by atoms with van der Waals surface area (Å²) in [7, 11) is 0. The molecule has 0 saturated heterocycles. The van der Waals surface area contributed by atoms with Crippen molar-refractivity contribution in [3.05, 3.63) is 120 Å². The molecule has 2 heteroatoms. The second-order valence-corrected chi connectivity index (χ2v) is 7.83. The highest BCUT2D eigenvalue weighted by molar-refractivity contribution is 5.88. The van der Waals surface area contributed by atoms with E-state index in [0.717, 1.165) is 29.1 Å². The Morgan fingerprint density at radius 3 is 1.74 bits per heavy atom. The number of hydrogen-bond acceptors (Lipinski definition) is 2. The van der Waals surface area contributed by atoms with Gasteiger partial charge in [-0.2, -0.15) is 0 Å². The van der Waals surface area contributed by atoms with Crippen molar-refractivity contribution in [1.29, 1.82) is 0 Å². The van der Waals surface area contributed by atoms with Crippen molar-refractivity contribution >= 4 is 0 Å². The lowest BCUT2D eigenvalue weighted by Gasteiger charge is -2.10. The molecule has 1 aliphatic carbocycles. The van der Waals surface area contributed by atoms with E-state index in [1.165, 1.54) is 33.4 Å². The average Bonchev–Trinajstić information content (AvgIpc) is 3.24. The normalized spacial score (nSPS) is 11.7. The fourth-order valence-corrected chi connectivity index (χ4v) is 4.59. The standard InChI is InChI=1S/C29H20N2/c1-2-9-20(10-3-1)27-16-8-17-29(31-27)24-14-7-12-22-21-11-6-13-23(25(21)19-26(22)24)28-15-4-5-18-30-28/h1-18H,19H2. The molecule has 2 heterocycles. The van der Waals surface area contributed by atoms with Gasteiger partial charge in [0.2, 0.25) is 0 Å². The van der Waals surface area contributed by atoms with Crippen molar-refractivity contribution < 1.29 is 0 Å². The fraction of sp³-hybridized carbons (Fsp3) is 0.0345. The van der Waals surface area contributed by atoms with Gasteiger partial charge in [-0.25, -0.2) is 4.98 Å². The van der Waals surface area contributed by atoms with Gasteiger partial charge in [-0.3, -0.25) is 4.98 Å². The van der Waals surface area contributed by atoms with Gasteiger partial charge in [0.05, 0.1) is 17.1 Å². The molecule has 0 saturated carbocycles. The van der Waals surface area contributed by atoms with Crippen LogP contribution in [0.25, 0.3) is 44.9 Å². The second-order valence-electron chi connectivity index (χ2n) is 7.83. The first-order chi connectivity index (χ1) is 15.4. The third-order valence-corrected chi connectivity index (χ3v) is 6.03. The summed E-state index contributed by atoms with van der Waals surface area (Å²) >= 11 is 0. The lowest BCUT2D eigenvalue weighted by molar-refractivity contribution is 1.23. The van der Waals surface area contributed by atoms with Gasteiger partial charge in [0, 0.05) is 29.3 Å². The minimum atomic E-state index is 0.894. The zero-order valence-corrected chi connectivity index (χ0v) is 17.0. The molecular weight excluding hydrogens is 376 g/mol. The summed E-state index contributed by atoms with van der Waals surface area (Å²) in [5.41, 5.74) is 11.9. The zero-order chi connectivity index (χ0) is 20.6. The first-order valence-corrected chi connectivity index (χ1v) is 10.6. The van der Waals surface area contributed by atoms with Crippen LogP contribution in [0.15, 0.2) is 109 Å². The van der Waals surface area contributed by atoms with Crippen molar-refractivity contribution in [3.8, 4) is 44.9 Å². The van der Waals surface area contributed by atoms with E-state index in [0.29, 0.717) is 0 Å². The summed E-state index contributed by atoms with van der Waals surface area (Å²) in [6.07, 6.45) is 2.76. The molecule has 0 N–H and O–H groups in total.